The maximum atomic E-state index is 13.0. The fourth-order valence-corrected chi connectivity index (χ4v) is 5.97. The van der Waals surface area contributed by atoms with E-state index in [1.807, 2.05) is 43.3 Å². The van der Waals surface area contributed by atoms with E-state index in [-0.39, 0.29) is 4.90 Å². The number of likely N-dealkylation sites (tertiary alicyclic amines) is 1. The Morgan fingerprint density at radius 2 is 1.63 bits per heavy atom. The van der Waals surface area contributed by atoms with Gasteiger partial charge in [-0.05, 0) is 61.2 Å². The molecule has 2 aromatic heterocycles. The lowest BCUT2D eigenvalue weighted by molar-refractivity contribution is -0.0315. The molecule has 0 amide bonds. The van der Waals surface area contributed by atoms with E-state index in [0.717, 1.165) is 41.8 Å². The molecule has 5 rings (SSSR count). The molecular formula is C27H28N4O3S. The van der Waals surface area contributed by atoms with Gasteiger partial charge < -0.3 is 5.11 Å². The lowest BCUT2D eigenvalue weighted by Gasteiger charge is -2.38. The molecule has 8 heteroatoms. The minimum absolute atomic E-state index is 0.156. The van der Waals surface area contributed by atoms with Gasteiger partial charge in [0.2, 0.25) is 0 Å². The second-order valence-corrected chi connectivity index (χ2v) is 10.8. The van der Waals surface area contributed by atoms with Gasteiger partial charge in [-0.25, -0.2) is 8.42 Å². The van der Waals surface area contributed by atoms with Gasteiger partial charge in [-0.2, -0.15) is 0 Å². The predicted octanol–water partition coefficient (Wildman–Crippen LogP) is 4.22. The third-order valence-corrected chi connectivity index (χ3v) is 8.04. The third-order valence-electron chi connectivity index (χ3n) is 6.63. The van der Waals surface area contributed by atoms with Crippen molar-refractivity contribution in [1.29, 1.82) is 0 Å². The number of nitrogens with one attached hydrogen (secondary N) is 1. The van der Waals surface area contributed by atoms with Crippen molar-refractivity contribution in [1.82, 2.24) is 14.9 Å². The van der Waals surface area contributed by atoms with Crippen LogP contribution in [0.5, 0.6) is 0 Å². The van der Waals surface area contributed by atoms with Gasteiger partial charge in [-0.15, -0.1) is 0 Å². The molecule has 1 fully saturated rings. The van der Waals surface area contributed by atoms with E-state index < -0.39 is 15.6 Å². The van der Waals surface area contributed by atoms with Crippen LogP contribution in [-0.4, -0.2) is 41.5 Å². The molecule has 0 unspecified atom stereocenters. The van der Waals surface area contributed by atoms with Crippen molar-refractivity contribution < 1.29 is 13.5 Å². The molecular weight excluding hydrogens is 460 g/mol. The number of aromatic nitrogens is 2. The highest BCUT2D eigenvalue weighted by atomic mass is 32.2. The molecule has 1 aliphatic heterocycles. The van der Waals surface area contributed by atoms with Crippen LogP contribution in [0.25, 0.3) is 10.9 Å². The number of rotatable bonds is 6. The first-order valence-corrected chi connectivity index (χ1v) is 13.1. The smallest absolute Gasteiger partial charge is 0.264 e. The molecule has 180 valence electrons. The summed E-state index contributed by atoms with van der Waals surface area (Å²) in [5, 5.41) is 11.9. The Morgan fingerprint density at radius 1 is 0.943 bits per heavy atom. The van der Waals surface area contributed by atoms with Crippen LogP contribution < -0.4 is 4.72 Å². The number of fused-ring (bicyclic) bond motifs is 1. The van der Waals surface area contributed by atoms with E-state index in [1.54, 1.807) is 42.7 Å². The largest absolute Gasteiger partial charge is 0.383 e. The quantitative estimate of drug-likeness (QED) is 0.422. The average Bonchev–Trinajstić information content (AvgIpc) is 2.86. The maximum Gasteiger partial charge on any atom is 0.264 e. The van der Waals surface area contributed by atoms with Crippen LogP contribution in [0.1, 0.15) is 29.7 Å². The van der Waals surface area contributed by atoms with Gasteiger partial charge >= 0.3 is 0 Å². The molecule has 0 atom stereocenters. The average molecular weight is 489 g/mol. The van der Waals surface area contributed by atoms with Crippen molar-refractivity contribution in [2.45, 2.75) is 36.8 Å². The second kappa shape index (κ2) is 9.37. The third kappa shape index (κ3) is 4.91. The molecule has 35 heavy (non-hydrogen) atoms. The van der Waals surface area contributed by atoms with Crippen LogP contribution in [0.15, 0.2) is 84.0 Å². The van der Waals surface area contributed by atoms with Crippen LogP contribution in [0.2, 0.25) is 0 Å². The van der Waals surface area contributed by atoms with Gasteiger partial charge in [0.15, 0.2) is 0 Å². The van der Waals surface area contributed by atoms with Gasteiger partial charge in [-0.1, -0.05) is 36.4 Å². The monoisotopic (exact) mass is 488 g/mol. The predicted molar refractivity (Wildman–Crippen MR) is 136 cm³/mol. The number of piperidine rings is 1. The molecule has 2 N–H and O–H groups in total. The first kappa shape index (κ1) is 23.4. The molecule has 7 nitrogen and oxygen atoms in total. The van der Waals surface area contributed by atoms with Gasteiger partial charge in [0.25, 0.3) is 10.0 Å². The van der Waals surface area contributed by atoms with E-state index in [0.29, 0.717) is 24.0 Å². The van der Waals surface area contributed by atoms with Crippen molar-refractivity contribution >= 4 is 26.6 Å². The lowest BCUT2D eigenvalue weighted by atomic mass is 9.85. The van der Waals surface area contributed by atoms with Crippen molar-refractivity contribution in [3.05, 3.63) is 95.9 Å². The molecule has 0 saturated carbocycles. The Bertz CT molecular complexity index is 1440. The number of aliphatic hydroxyl groups is 1. The lowest BCUT2D eigenvalue weighted by Crippen LogP contribution is -2.43. The van der Waals surface area contributed by atoms with Crippen LogP contribution >= 0.6 is 0 Å². The number of hydrogen-bond acceptors (Lipinski definition) is 6. The van der Waals surface area contributed by atoms with Crippen molar-refractivity contribution in [3.63, 3.8) is 0 Å². The Hall–Kier alpha value is -3.33. The zero-order chi connectivity index (χ0) is 24.5. The summed E-state index contributed by atoms with van der Waals surface area (Å²) in [6.45, 7) is 4.24. The van der Waals surface area contributed by atoms with Gasteiger partial charge in [-0.3, -0.25) is 19.6 Å². The van der Waals surface area contributed by atoms with E-state index in [1.165, 1.54) is 0 Å². The number of hydrogen-bond donors (Lipinski definition) is 2. The minimum Gasteiger partial charge on any atom is -0.383 e. The number of pyridine rings is 2. The number of anilines is 1. The molecule has 2 aromatic carbocycles. The number of sulfonamides is 1. The van der Waals surface area contributed by atoms with Crippen molar-refractivity contribution in [3.8, 4) is 0 Å². The minimum atomic E-state index is -3.78. The molecule has 0 bridgehead atoms. The summed E-state index contributed by atoms with van der Waals surface area (Å²) >= 11 is 0. The maximum absolute atomic E-state index is 13.0. The van der Waals surface area contributed by atoms with Gasteiger partial charge in [0, 0.05) is 43.1 Å². The zero-order valence-corrected chi connectivity index (χ0v) is 20.4. The summed E-state index contributed by atoms with van der Waals surface area (Å²) in [5.41, 5.74) is 2.93. The topological polar surface area (TPSA) is 95.4 Å². The van der Waals surface area contributed by atoms with E-state index >= 15 is 0 Å². The van der Waals surface area contributed by atoms with Crippen LogP contribution in [-0.2, 0) is 22.2 Å². The Balaban J connectivity index is 1.23. The van der Waals surface area contributed by atoms with Crippen LogP contribution in [0.3, 0.4) is 0 Å². The zero-order valence-electron chi connectivity index (χ0n) is 19.6. The molecule has 1 aliphatic rings. The summed E-state index contributed by atoms with van der Waals surface area (Å²) < 4.78 is 28.7. The summed E-state index contributed by atoms with van der Waals surface area (Å²) in [5.74, 6) is 0. The number of para-hydroxylation sites is 1. The summed E-state index contributed by atoms with van der Waals surface area (Å²) in [4.78, 5) is 11.1. The first-order valence-electron chi connectivity index (χ1n) is 11.7. The molecule has 3 heterocycles. The van der Waals surface area contributed by atoms with E-state index in [2.05, 4.69) is 19.6 Å². The highest BCUT2D eigenvalue weighted by Gasteiger charge is 2.36. The van der Waals surface area contributed by atoms with E-state index in [9.17, 15) is 13.5 Å². The highest BCUT2D eigenvalue weighted by molar-refractivity contribution is 7.93. The SMILES string of the molecule is Cc1cccnc1C1(O)CCN(Cc2ccc(NS(=O)(=O)c3cccc4cccnc34)cc2)CC1. The fraction of sp³-hybridized carbons (Fsp3) is 0.259. The molecule has 0 spiro atoms. The summed E-state index contributed by atoms with van der Waals surface area (Å²) in [6, 6.07) is 20.1. The highest BCUT2D eigenvalue weighted by Crippen LogP contribution is 2.33. The Labute approximate surface area is 205 Å². The Kier molecular flexibility index (Phi) is 6.27. The first-order chi connectivity index (χ1) is 16.8. The number of aryl methyl sites for hydroxylation is 1. The second-order valence-electron chi connectivity index (χ2n) is 9.11. The molecule has 1 saturated heterocycles. The van der Waals surface area contributed by atoms with Crippen LogP contribution in [0, 0.1) is 6.92 Å². The van der Waals surface area contributed by atoms with E-state index in [4.69, 9.17) is 0 Å². The normalized spacial score (nSPS) is 16.3. The van der Waals surface area contributed by atoms with Crippen LogP contribution in [0.4, 0.5) is 5.69 Å². The summed E-state index contributed by atoms with van der Waals surface area (Å²) in [7, 11) is -3.78. The van der Waals surface area contributed by atoms with Gasteiger partial charge in [0.05, 0.1) is 11.2 Å². The fourth-order valence-electron chi connectivity index (χ4n) is 4.73. The standard InChI is InChI=1S/C27H28N4O3S/c1-20-5-3-16-29-26(20)27(32)13-17-31(18-14-27)19-21-9-11-23(12-10-21)30-35(33,34)24-8-2-6-22-7-4-15-28-25(22)24/h2-12,15-16,30,32H,13-14,17-19H2,1H3. The van der Waals surface area contributed by atoms with Crippen molar-refractivity contribution in [2.24, 2.45) is 0 Å². The molecule has 0 aliphatic carbocycles. The Morgan fingerprint density at radius 3 is 2.37 bits per heavy atom. The number of benzene rings is 2. The van der Waals surface area contributed by atoms with Gasteiger partial charge in [0.1, 0.15) is 10.5 Å². The number of nitrogens with zero attached hydrogens (tertiary/aromatic N) is 3. The molecule has 0 radical (unpaired) electrons. The van der Waals surface area contributed by atoms with Crippen molar-refractivity contribution in [2.75, 3.05) is 17.8 Å². The molecule has 4 aromatic rings. The summed E-state index contributed by atoms with van der Waals surface area (Å²) in [6.07, 6.45) is 4.58.